The van der Waals surface area contributed by atoms with Crippen LogP contribution in [-0.4, -0.2) is 28.1 Å². The maximum Gasteiger partial charge on any atom is 0.227 e. The van der Waals surface area contributed by atoms with Crippen molar-refractivity contribution in [3.05, 3.63) is 46.3 Å². The Hall–Kier alpha value is -2.63. The molecule has 6 heteroatoms. The average Bonchev–Trinajstić information content (AvgIpc) is 3.23. The fourth-order valence-electron chi connectivity index (χ4n) is 4.34. The predicted molar refractivity (Wildman–Crippen MR) is 108 cm³/mol. The Kier molecular flexibility index (Phi) is 4.96. The van der Waals surface area contributed by atoms with Gasteiger partial charge in [0.25, 0.3) is 0 Å². The molecule has 0 radical (unpaired) electrons. The van der Waals surface area contributed by atoms with Crippen LogP contribution in [0.15, 0.2) is 18.2 Å². The SMILES string of the molecule is Cc1ccc(N2CC(C(=O)NCc3nn(C)c4c3CCCC4)CC2=O)cc1C. The van der Waals surface area contributed by atoms with Gasteiger partial charge in [0.2, 0.25) is 11.8 Å². The molecule has 2 amide bonds. The number of amides is 2. The summed E-state index contributed by atoms with van der Waals surface area (Å²) in [6.45, 7) is 4.97. The molecule has 1 aromatic carbocycles. The first-order valence-electron chi connectivity index (χ1n) is 10.1. The molecule has 1 fully saturated rings. The summed E-state index contributed by atoms with van der Waals surface area (Å²) in [5.74, 6) is -0.359. The molecule has 0 spiro atoms. The molecule has 1 saturated heterocycles. The van der Waals surface area contributed by atoms with E-state index in [1.165, 1.54) is 29.7 Å². The minimum absolute atomic E-state index is 0.0126. The van der Waals surface area contributed by atoms with Crippen LogP contribution < -0.4 is 10.2 Å². The molecule has 1 atom stereocenters. The smallest absolute Gasteiger partial charge is 0.227 e. The van der Waals surface area contributed by atoms with Crippen molar-refractivity contribution in [1.82, 2.24) is 15.1 Å². The van der Waals surface area contributed by atoms with Gasteiger partial charge in [-0.05, 0) is 68.4 Å². The van der Waals surface area contributed by atoms with E-state index in [0.717, 1.165) is 29.8 Å². The molecule has 1 aromatic heterocycles. The zero-order valence-electron chi connectivity index (χ0n) is 16.9. The Morgan fingerprint density at radius 3 is 2.79 bits per heavy atom. The molecule has 1 aliphatic carbocycles. The number of nitrogens with zero attached hydrogens (tertiary/aromatic N) is 3. The molecular formula is C22H28N4O2. The lowest BCUT2D eigenvalue weighted by molar-refractivity contribution is -0.126. The normalized spacial score (nSPS) is 19.0. The van der Waals surface area contributed by atoms with E-state index >= 15 is 0 Å². The van der Waals surface area contributed by atoms with E-state index < -0.39 is 0 Å². The van der Waals surface area contributed by atoms with Gasteiger partial charge in [0.05, 0.1) is 18.2 Å². The van der Waals surface area contributed by atoms with Gasteiger partial charge >= 0.3 is 0 Å². The molecule has 28 heavy (non-hydrogen) atoms. The summed E-state index contributed by atoms with van der Waals surface area (Å²) in [7, 11) is 1.98. The van der Waals surface area contributed by atoms with Crippen molar-refractivity contribution < 1.29 is 9.59 Å². The maximum atomic E-state index is 12.7. The highest BCUT2D eigenvalue weighted by molar-refractivity contribution is 6.00. The van der Waals surface area contributed by atoms with Crippen molar-refractivity contribution in [1.29, 1.82) is 0 Å². The highest BCUT2D eigenvalue weighted by Gasteiger charge is 2.35. The fourth-order valence-corrected chi connectivity index (χ4v) is 4.34. The van der Waals surface area contributed by atoms with E-state index in [1.54, 1.807) is 4.90 Å². The van der Waals surface area contributed by atoms with Crippen LogP contribution in [0.25, 0.3) is 0 Å². The summed E-state index contributed by atoms with van der Waals surface area (Å²) in [6, 6.07) is 6.00. The molecule has 2 aliphatic rings. The summed E-state index contributed by atoms with van der Waals surface area (Å²) in [4.78, 5) is 26.9. The van der Waals surface area contributed by atoms with E-state index in [9.17, 15) is 9.59 Å². The number of carbonyl (C=O) groups excluding carboxylic acids is 2. The molecule has 2 aromatic rings. The van der Waals surface area contributed by atoms with Gasteiger partial charge in [-0.3, -0.25) is 14.3 Å². The second kappa shape index (κ2) is 7.41. The number of anilines is 1. The van der Waals surface area contributed by atoms with Crippen LogP contribution in [-0.2, 0) is 36.0 Å². The first-order valence-corrected chi connectivity index (χ1v) is 10.1. The van der Waals surface area contributed by atoms with Gasteiger partial charge in [0.1, 0.15) is 0 Å². The van der Waals surface area contributed by atoms with Gasteiger partial charge < -0.3 is 10.2 Å². The number of hydrogen-bond donors (Lipinski definition) is 1. The monoisotopic (exact) mass is 380 g/mol. The number of rotatable bonds is 4. The average molecular weight is 380 g/mol. The first kappa shape index (κ1) is 18.7. The van der Waals surface area contributed by atoms with Gasteiger partial charge in [-0.1, -0.05) is 6.07 Å². The Morgan fingerprint density at radius 2 is 2.00 bits per heavy atom. The standard InChI is InChI=1S/C22H28N4O2/c1-14-8-9-17(10-15(14)2)26-13-16(11-21(26)27)22(28)23-12-19-18-6-4-5-7-20(18)25(3)24-19/h8-10,16H,4-7,11-13H2,1-3H3,(H,23,28). The third-order valence-electron chi connectivity index (χ3n) is 6.18. The number of carbonyl (C=O) groups is 2. The molecule has 6 nitrogen and oxygen atoms in total. The minimum Gasteiger partial charge on any atom is -0.350 e. The Labute approximate surface area is 165 Å². The fraction of sp³-hybridized carbons (Fsp3) is 0.500. The quantitative estimate of drug-likeness (QED) is 0.887. The summed E-state index contributed by atoms with van der Waals surface area (Å²) < 4.78 is 1.95. The molecule has 4 rings (SSSR count). The van der Waals surface area contributed by atoms with Gasteiger partial charge in [-0.25, -0.2) is 0 Å². The zero-order chi connectivity index (χ0) is 19.8. The van der Waals surface area contributed by atoms with E-state index in [-0.39, 0.29) is 24.2 Å². The van der Waals surface area contributed by atoms with Gasteiger partial charge in [0.15, 0.2) is 0 Å². The predicted octanol–water partition coefficient (Wildman–Crippen LogP) is 2.59. The Bertz CT molecular complexity index is 931. The second-order valence-electron chi connectivity index (χ2n) is 8.09. The lowest BCUT2D eigenvalue weighted by Crippen LogP contribution is -2.33. The van der Waals surface area contributed by atoms with Crippen LogP contribution in [0.4, 0.5) is 5.69 Å². The summed E-state index contributed by atoms with van der Waals surface area (Å²) in [6.07, 6.45) is 4.75. The number of hydrogen-bond acceptors (Lipinski definition) is 3. The van der Waals surface area contributed by atoms with Crippen LogP contribution in [0.2, 0.25) is 0 Å². The third-order valence-corrected chi connectivity index (χ3v) is 6.18. The molecule has 2 heterocycles. The first-order chi connectivity index (χ1) is 13.4. The van der Waals surface area contributed by atoms with Crippen LogP contribution in [0.1, 0.15) is 47.3 Å². The van der Waals surface area contributed by atoms with Gasteiger partial charge in [-0.2, -0.15) is 5.10 Å². The van der Waals surface area contributed by atoms with Crippen molar-refractivity contribution in [2.24, 2.45) is 13.0 Å². The van der Waals surface area contributed by atoms with Gasteiger partial charge in [-0.15, -0.1) is 0 Å². The highest BCUT2D eigenvalue weighted by Crippen LogP contribution is 2.27. The number of benzene rings is 1. The van der Waals surface area contributed by atoms with Gasteiger partial charge in [0, 0.05) is 31.4 Å². The van der Waals surface area contributed by atoms with Crippen molar-refractivity contribution in [2.75, 3.05) is 11.4 Å². The zero-order valence-corrected chi connectivity index (χ0v) is 16.9. The van der Waals surface area contributed by atoms with Crippen molar-refractivity contribution in [3.63, 3.8) is 0 Å². The number of nitrogens with one attached hydrogen (secondary N) is 1. The lowest BCUT2D eigenvalue weighted by Gasteiger charge is -2.18. The van der Waals surface area contributed by atoms with Crippen LogP contribution in [0, 0.1) is 19.8 Å². The van der Waals surface area contributed by atoms with Crippen LogP contribution in [0.3, 0.4) is 0 Å². The second-order valence-corrected chi connectivity index (χ2v) is 8.09. The van der Waals surface area contributed by atoms with E-state index in [4.69, 9.17) is 0 Å². The van der Waals surface area contributed by atoms with Crippen molar-refractivity contribution in [2.45, 2.75) is 52.5 Å². The lowest BCUT2D eigenvalue weighted by atomic mass is 9.95. The van der Waals surface area contributed by atoms with Crippen LogP contribution >= 0.6 is 0 Å². The van der Waals surface area contributed by atoms with Crippen LogP contribution in [0.5, 0.6) is 0 Å². The molecule has 148 valence electrons. The van der Waals surface area contributed by atoms with E-state index in [2.05, 4.69) is 17.3 Å². The van der Waals surface area contributed by atoms with Crippen molar-refractivity contribution in [3.8, 4) is 0 Å². The number of fused-ring (bicyclic) bond motifs is 1. The van der Waals surface area contributed by atoms with E-state index in [0.29, 0.717) is 13.1 Å². The minimum atomic E-state index is -0.311. The maximum absolute atomic E-state index is 12.7. The summed E-state index contributed by atoms with van der Waals surface area (Å²) in [5.41, 5.74) is 6.80. The molecule has 0 saturated carbocycles. The number of aryl methyl sites for hydroxylation is 3. The largest absolute Gasteiger partial charge is 0.350 e. The summed E-state index contributed by atoms with van der Waals surface area (Å²) >= 11 is 0. The third kappa shape index (κ3) is 3.43. The Morgan fingerprint density at radius 1 is 1.21 bits per heavy atom. The summed E-state index contributed by atoms with van der Waals surface area (Å²) in [5, 5.41) is 7.63. The highest BCUT2D eigenvalue weighted by atomic mass is 16.2. The number of aromatic nitrogens is 2. The topological polar surface area (TPSA) is 67.2 Å². The molecule has 0 bridgehead atoms. The molecule has 1 N–H and O–H groups in total. The van der Waals surface area contributed by atoms with Crippen molar-refractivity contribution >= 4 is 17.5 Å². The Balaban J connectivity index is 1.41. The van der Waals surface area contributed by atoms with E-state index in [1.807, 2.05) is 36.9 Å². The molecular weight excluding hydrogens is 352 g/mol. The molecule has 1 aliphatic heterocycles. The molecule has 1 unspecified atom stereocenters.